The molecule has 2 aliphatic carbocycles. The summed E-state index contributed by atoms with van der Waals surface area (Å²) in [6.45, 7) is 1.51. The number of sulfone groups is 1. The van der Waals surface area contributed by atoms with E-state index < -0.39 is 51.3 Å². The fourth-order valence-electron chi connectivity index (χ4n) is 5.57. The lowest BCUT2D eigenvalue weighted by Gasteiger charge is -2.37. The van der Waals surface area contributed by atoms with Gasteiger partial charge in [0.05, 0.1) is 22.3 Å². The van der Waals surface area contributed by atoms with Crippen molar-refractivity contribution in [1.29, 1.82) is 0 Å². The lowest BCUT2D eigenvalue weighted by molar-refractivity contribution is -0.137. The standard InChI is InChI=1S/C27H28F4N2O4S/c1-2-38(36,37)19-5-3-4-17(12-19)26(35)33-22-11-8-16(22)13-23(33)25(34)32-24(15-6-7-15)20-10-9-18(14-21(20)28)27(29,30)31/h3-5,9-10,12,14-16,22-24H,2,6-8,11,13H2,1H3,(H,32,34)/t16-,22-,23-,24-/m1/s1. The number of fused-ring (bicyclic) bond motifs is 1. The third kappa shape index (κ3) is 4.92. The minimum Gasteiger partial charge on any atom is -0.347 e. The summed E-state index contributed by atoms with van der Waals surface area (Å²) in [6.07, 6.45) is -1.31. The van der Waals surface area contributed by atoms with Gasteiger partial charge in [0.25, 0.3) is 5.91 Å². The van der Waals surface area contributed by atoms with Crippen LogP contribution in [-0.2, 0) is 20.8 Å². The van der Waals surface area contributed by atoms with Crippen molar-refractivity contribution in [3.63, 3.8) is 0 Å². The Morgan fingerprint density at radius 3 is 2.39 bits per heavy atom. The first-order valence-electron chi connectivity index (χ1n) is 12.7. The van der Waals surface area contributed by atoms with Crippen molar-refractivity contribution in [2.45, 2.75) is 68.2 Å². The number of benzene rings is 2. The molecule has 0 spiro atoms. The van der Waals surface area contributed by atoms with E-state index in [4.69, 9.17) is 0 Å². The number of hydrogen-bond donors (Lipinski definition) is 1. The second kappa shape index (κ2) is 9.66. The Bertz CT molecular complexity index is 1370. The molecule has 6 nitrogen and oxygen atoms in total. The van der Waals surface area contributed by atoms with Crippen LogP contribution in [0.15, 0.2) is 47.4 Å². The van der Waals surface area contributed by atoms with Gasteiger partial charge in [-0.1, -0.05) is 19.1 Å². The van der Waals surface area contributed by atoms with Gasteiger partial charge in [-0.3, -0.25) is 9.59 Å². The van der Waals surface area contributed by atoms with Crippen LogP contribution in [0.5, 0.6) is 0 Å². The van der Waals surface area contributed by atoms with Crippen LogP contribution in [0.3, 0.4) is 0 Å². The normalized spacial score (nSPS) is 23.9. The molecule has 2 amide bonds. The van der Waals surface area contributed by atoms with E-state index in [9.17, 15) is 35.6 Å². The highest BCUT2D eigenvalue weighted by Crippen LogP contribution is 2.46. The third-order valence-corrected chi connectivity index (χ3v) is 9.74. The number of carbonyl (C=O) groups excluding carboxylic acids is 2. The molecule has 2 aromatic carbocycles. The predicted octanol–water partition coefficient (Wildman–Crippen LogP) is 4.90. The first-order chi connectivity index (χ1) is 17.9. The van der Waals surface area contributed by atoms with Gasteiger partial charge in [-0.05, 0) is 74.3 Å². The summed E-state index contributed by atoms with van der Waals surface area (Å²) in [7, 11) is -3.54. The number of halogens is 4. The topological polar surface area (TPSA) is 83.6 Å². The van der Waals surface area contributed by atoms with Crippen LogP contribution in [0.25, 0.3) is 0 Å². The molecule has 11 heteroatoms. The number of carbonyl (C=O) groups is 2. The molecule has 2 saturated carbocycles. The fourth-order valence-corrected chi connectivity index (χ4v) is 6.50. The van der Waals surface area contributed by atoms with Gasteiger partial charge in [0, 0.05) is 17.2 Å². The van der Waals surface area contributed by atoms with Crippen LogP contribution < -0.4 is 5.32 Å². The van der Waals surface area contributed by atoms with Crippen LogP contribution in [0, 0.1) is 17.7 Å². The van der Waals surface area contributed by atoms with Crippen LogP contribution in [-0.4, -0.2) is 43.0 Å². The van der Waals surface area contributed by atoms with Gasteiger partial charge in [0.15, 0.2) is 9.84 Å². The SMILES string of the molecule is CCS(=O)(=O)c1cccc(C(=O)N2[C@@H](C(=O)N[C@@H](c3ccc(C(F)(F)F)cc3F)C3CC3)C[C@H]3CC[C@H]32)c1. The first-order valence-corrected chi connectivity index (χ1v) is 14.4. The van der Waals surface area contributed by atoms with E-state index in [0.29, 0.717) is 31.7 Å². The van der Waals surface area contributed by atoms with Gasteiger partial charge in [0.2, 0.25) is 5.91 Å². The summed E-state index contributed by atoms with van der Waals surface area (Å²) < 4.78 is 78.6. The highest BCUT2D eigenvalue weighted by Gasteiger charge is 2.52. The molecule has 38 heavy (non-hydrogen) atoms. The highest BCUT2D eigenvalue weighted by molar-refractivity contribution is 7.91. The number of rotatable bonds is 7. The van der Waals surface area contributed by atoms with E-state index in [2.05, 4.69) is 5.32 Å². The van der Waals surface area contributed by atoms with Crippen molar-refractivity contribution >= 4 is 21.7 Å². The molecule has 0 radical (unpaired) electrons. The zero-order chi connectivity index (χ0) is 27.4. The van der Waals surface area contributed by atoms with Crippen molar-refractivity contribution in [1.82, 2.24) is 10.2 Å². The van der Waals surface area contributed by atoms with E-state index in [-0.39, 0.29) is 39.7 Å². The maximum Gasteiger partial charge on any atom is 0.416 e. The van der Waals surface area contributed by atoms with E-state index in [1.165, 1.54) is 36.1 Å². The molecule has 1 N–H and O–H groups in total. The summed E-state index contributed by atoms with van der Waals surface area (Å²) in [4.78, 5) is 28.7. The quantitative estimate of drug-likeness (QED) is 0.496. The molecule has 1 saturated heterocycles. The number of amides is 2. The van der Waals surface area contributed by atoms with Crippen molar-refractivity contribution < 1.29 is 35.6 Å². The zero-order valence-electron chi connectivity index (χ0n) is 20.7. The Kier molecular flexibility index (Phi) is 6.77. The first kappa shape index (κ1) is 26.6. The van der Waals surface area contributed by atoms with Crippen LogP contribution in [0.4, 0.5) is 17.6 Å². The van der Waals surface area contributed by atoms with Gasteiger partial charge in [-0.15, -0.1) is 0 Å². The number of nitrogens with one attached hydrogen (secondary N) is 1. The molecule has 1 heterocycles. The maximum atomic E-state index is 14.8. The van der Waals surface area contributed by atoms with Gasteiger partial charge in [-0.25, -0.2) is 12.8 Å². The van der Waals surface area contributed by atoms with E-state index in [1.807, 2.05) is 0 Å². The molecular weight excluding hydrogens is 524 g/mol. The third-order valence-electron chi connectivity index (χ3n) is 8.01. The predicted molar refractivity (Wildman–Crippen MR) is 130 cm³/mol. The second-order valence-corrected chi connectivity index (χ2v) is 12.6. The monoisotopic (exact) mass is 552 g/mol. The van der Waals surface area contributed by atoms with Crippen LogP contribution in [0.2, 0.25) is 0 Å². The summed E-state index contributed by atoms with van der Waals surface area (Å²) >= 11 is 0. The van der Waals surface area contributed by atoms with Gasteiger partial charge < -0.3 is 10.2 Å². The smallest absolute Gasteiger partial charge is 0.347 e. The fraction of sp³-hybridized carbons (Fsp3) is 0.481. The van der Waals surface area contributed by atoms with Crippen LogP contribution in [0.1, 0.15) is 66.6 Å². The molecule has 3 aliphatic rings. The van der Waals surface area contributed by atoms with E-state index >= 15 is 0 Å². The molecule has 204 valence electrons. The molecule has 0 bridgehead atoms. The maximum absolute atomic E-state index is 14.8. The molecular formula is C27H28F4N2O4S. The largest absolute Gasteiger partial charge is 0.416 e. The molecule has 2 aromatic rings. The Morgan fingerprint density at radius 1 is 1.08 bits per heavy atom. The summed E-state index contributed by atoms with van der Waals surface area (Å²) in [6, 6.07) is 6.28. The van der Waals surface area contributed by atoms with Crippen molar-refractivity contribution in [2.24, 2.45) is 11.8 Å². The van der Waals surface area contributed by atoms with Crippen molar-refractivity contribution in [3.05, 3.63) is 65.0 Å². The molecule has 4 atom stereocenters. The van der Waals surface area contributed by atoms with Crippen molar-refractivity contribution in [2.75, 3.05) is 5.75 Å². The number of alkyl halides is 3. The summed E-state index contributed by atoms with van der Waals surface area (Å²) in [5.74, 6) is -2.07. The Hall–Kier alpha value is -2.95. The van der Waals surface area contributed by atoms with Crippen molar-refractivity contribution in [3.8, 4) is 0 Å². The average Bonchev–Trinajstić information content (AvgIpc) is 3.66. The molecule has 0 aromatic heterocycles. The molecule has 0 unspecified atom stereocenters. The number of hydrogen-bond acceptors (Lipinski definition) is 4. The Labute approximate surface area is 218 Å². The highest BCUT2D eigenvalue weighted by atomic mass is 32.2. The zero-order valence-corrected chi connectivity index (χ0v) is 21.5. The van der Waals surface area contributed by atoms with Gasteiger partial charge in [-0.2, -0.15) is 13.2 Å². The molecule has 5 rings (SSSR count). The Balaban J connectivity index is 1.40. The summed E-state index contributed by atoms with van der Waals surface area (Å²) in [5.41, 5.74) is -0.946. The lowest BCUT2D eigenvalue weighted by Crippen LogP contribution is -2.51. The molecule has 1 aliphatic heterocycles. The Morgan fingerprint density at radius 2 is 1.82 bits per heavy atom. The number of nitrogens with zero attached hydrogens (tertiary/aromatic N) is 1. The number of likely N-dealkylation sites (tertiary alicyclic amines) is 1. The minimum atomic E-state index is -4.69. The van der Waals surface area contributed by atoms with Gasteiger partial charge >= 0.3 is 6.18 Å². The summed E-state index contributed by atoms with van der Waals surface area (Å²) in [5, 5.41) is 2.84. The van der Waals surface area contributed by atoms with Crippen LogP contribution >= 0.6 is 0 Å². The molecule has 3 fully saturated rings. The second-order valence-electron chi connectivity index (χ2n) is 10.4. The van der Waals surface area contributed by atoms with Gasteiger partial charge in [0.1, 0.15) is 11.9 Å². The lowest BCUT2D eigenvalue weighted by atomic mass is 9.80. The minimum absolute atomic E-state index is 0.00910. The average molecular weight is 553 g/mol. The van der Waals surface area contributed by atoms with E-state index in [1.54, 1.807) is 0 Å². The van der Waals surface area contributed by atoms with E-state index in [0.717, 1.165) is 18.6 Å².